The van der Waals surface area contributed by atoms with E-state index < -0.39 is 23.3 Å². The Morgan fingerprint density at radius 1 is 1.11 bits per heavy atom. The number of hydrogen-bond donors (Lipinski definition) is 2. The van der Waals surface area contributed by atoms with E-state index >= 15 is 0 Å². The molecule has 0 radical (unpaired) electrons. The molecule has 1 aromatic heterocycles. The lowest BCUT2D eigenvalue weighted by molar-refractivity contribution is -0.150. The molecule has 0 saturated carbocycles. The van der Waals surface area contributed by atoms with Crippen LogP contribution in [0, 0.1) is 0 Å². The Balaban J connectivity index is 1.29. The first-order chi connectivity index (χ1) is 17.4. The first-order valence-corrected chi connectivity index (χ1v) is 13.8. The molecule has 0 bridgehead atoms. The molecule has 10 heteroatoms. The fourth-order valence-corrected chi connectivity index (χ4v) is 7.40. The zero-order valence-electron chi connectivity index (χ0n) is 18.7. The highest BCUT2D eigenvalue weighted by atomic mass is 32.2. The van der Waals surface area contributed by atoms with Crippen molar-refractivity contribution in [2.45, 2.75) is 22.0 Å². The van der Waals surface area contributed by atoms with E-state index in [2.05, 4.69) is 5.32 Å². The lowest BCUT2D eigenvalue weighted by Crippen LogP contribution is -2.70. The Bertz CT molecular complexity index is 1480. The molecule has 1 saturated heterocycles. The van der Waals surface area contributed by atoms with E-state index in [9.17, 15) is 24.3 Å². The van der Waals surface area contributed by atoms with Gasteiger partial charge in [-0.05, 0) is 34.8 Å². The average molecular weight is 537 g/mol. The number of amides is 2. The fourth-order valence-electron chi connectivity index (χ4n) is 4.10. The van der Waals surface area contributed by atoms with Crippen LogP contribution in [0.1, 0.15) is 5.56 Å². The van der Waals surface area contributed by atoms with Gasteiger partial charge in [0.15, 0.2) is 5.43 Å². The minimum atomic E-state index is -1.19. The number of carboxylic acids is 1. The van der Waals surface area contributed by atoms with E-state index in [4.69, 9.17) is 0 Å². The third-order valence-electron chi connectivity index (χ3n) is 5.79. The van der Waals surface area contributed by atoms with Gasteiger partial charge in [0.1, 0.15) is 17.1 Å². The number of hydrogen-bond acceptors (Lipinski definition) is 7. The van der Waals surface area contributed by atoms with Gasteiger partial charge in [0.05, 0.1) is 10.6 Å². The molecule has 2 atom stereocenters. The van der Waals surface area contributed by atoms with Gasteiger partial charge in [-0.2, -0.15) is 0 Å². The van der Waals surface area contributed by atoms with Crippen LogP contribution in [0.15, 0.2) is 92.4 Å². The summed E-state index contributed by atoms with van der Waals surface area (Å²) in [5.41, 5.74) is 1.21. The van der Waals surface area contributed by atoms with E-state index in [1.807, 2.05) is 48.5 Å². The Morgan fingerprint density at radius 2 is 1.86 bits per heavy atom. The normalized spacial score (nSPS) is 19.3. The summed E-state index contributed by atoms with van der Waals surface area (Å²) in [4.78, 5) is 50.9. The molecule has 2 N–H and O–H groups in total. The van der Waals surface area contributed by atoms with Crippen molar-refractivity contribution < 1.29 is 19.5 Å². The molecule has 2 amide bonds. The highest BCUT2D eigenvalue weighted by molar-refractivity contribution is 8.04. The molecule has 0 spiro atoms. The Kier molecular flexibility index (Phi) is 6.99. The molecule has 36 heavy (non-hydrogen) atoms. The number of carboxylic acid groups (broad SMARTS) is 1. The summed E-state index contributed by atoms with van der Waals surface area (Å²) in [6, 6.07) is 17.4. The number of carbonyl (C=O) groups is 3. The molecule has 1 unspecified atom stereocenters. The summed E-state index contributed by atoms with van der Waals surface area (Å²) < 4.78 is 1.67. The van der Waals surface area contributed by atoms with Crippen LogP contribution >= 0.6 is 34.9 Å². The zero-order chi connectivity index (χ0) is 25.2. The summed E-state index contributed by atoms with van der Waals surface area (Å²) in [6.45, 7) is 0. The summed E-state index contributed by atoms with van der Waals surface area (Å²) in [7, 11) is 0. The third-order valence-corrected chi connectivity index (χ3v) is 9.15. The maximum Gasteiger partial charge on any atom is 0.352 e. The highest BCUT2D eigenvalue weighted by Gasteiger charge is 2.53. The Hall–Kier alpha value is -3.34. The summed E-state index contributed by atoms with van der Waals surface area (Å²) >= 11 is 4.23. The maximum atomic E-state index is 12.8. The first kappa shape index (κ1) is 24.4. The molecule has 0 aliphatic carbocycles. The van der Waals surface area contributed by atoms with Crippen LogP contribution in [0.2, 0.25) is 0 Å². The van der Waals surface area contributed by atoms with Crippen LogP contribution < -0.4 is 10.7 Å². The van der Waals surface area contributed by atoms with Crippen LogP contribution in [0.5, 0.6) is 0 Å². The van der Waals surface area contributed by atoms with E-state index in [-0.39, 0.29) is 23.5 Å². The van der Waals surface area contributed by atoms with Crippen LogP contribution in [0.4, 0.5) is 0 Å². The number of allylic oxidation sites excluding steroid dienone is 1. The molecule has 3 aromatic rings. The standard InChI is InChI=1S/C26H20N2O5S3/c29-18-13-21(36-19-9-5-4-8-17(18)19)34-11-10-16-14-35-25-22(24(31)28(25)23(16)26(32)33)27-20(30)12-15-6-2-1-3-7-15/h1-11,13,22,25H,12,14H2,(H,27,30)(H,32,33)/t22?,25-/m0/s1. The number of nitrogens with zero attached hydrogens (tertiary/aromatic N) is 1. The lowest BCUT2D eigenvalue weighted by atomic mass is 10.0. The Labute approximate surface area is 218 Å². The minimum absolute atomic E-state index is 0.0618. The molecule has 7 nitrogen and oxygen atoms in total. The van der Waals surface area contributed by atoms with Gasteiger partial charge in [-0.25, -0.2) is 4.79 Å². The number of carbonyl (C=O) groups excluding carboxylic acids is 2. The number of benzene rings is 2. The van der Waals surface area contributed by atoms with Crippen molar-refractivity contribution in [3.63, 3.8) is 0 Å². The van der Waals surface area contributed by atoms with Crippen molar-refractivity contribution in [1.29, 1.82) is 0 Å². The second-order valence-electron chi connectivity index (χ2n) is 8.14. The molecular formula is C26H20N2O5S3. The summed E-state index contributed by atoms with van der Waals surface area (Å²) in [5.74, 6) is -1.52. The smallest absolute Gasteiger partial charge is 0.352 e. The first-order valence-electron chi connectivity index (χ1n) is 11.0. The van der Waals surface area contributed by atoms with Crippen molar-refractivity contribution >= 4 is 62.7 Å². The van der Waals surface area contributed by atoms with Crippen LogP contribution in [-0.4, -0.2) is 45.0 Å². The molecule has 2 aliphatic rings. The second-order valence-corrected chi connectivity index (χ2v) is 11.5. The van der Waals surface area contributed by atoms with Crippen molar-refractivity contribution in [3.8, 4) is 0 Å². The van der Waals surface area contributed by atoms with Gasteiger partial charge in [0.2, 0.25) is 5.91 Å². The molecule has 182 valence electrons. The summed E-state index contributed by atoms with van der Waals surface area (Å²) in [6.07, 6.45) is 1.83. The van der Waals surface area contributed by atoms with Gasteiger partial charge in [0, 0.05) is 21.9 Å². The average Bonchev–Trinajstić information content (AvgIpc) is 2.87. The molecule has 1 fully saturated rings. The molecule has 3 heterocycles. The quantitative estimate of drug-likeness (QED) is 0.349. The number of thioether (sulfide) groups is 2. The maximum absolute atomic E-state index is 12.8. The van der Waals surface area contributed by atoms with Gasteiger partial charge in [-0.15, -0.1) is 23.1 Å². The minimum Gasteiger partial charge on any atom is -0.477 e. The fraction of sp³-hybridized carbons (Fsp3) is 0.154. The molecule has 2 aliphatic heterocycles. The van der Waals surface area contributed by atoms with Gasteiger partial charge in [0.25, 0.3) is 5.91 Å². The lowest BCUT2D eigenvalue weighted by Gasteiger charge is -2.49. The van der Waals surface area contributed by atoms with Crippen molar-refractivity contribution in [1.82, 2.24) is 10.2 Å². The van der Waals surface area contributed by atoms with Crippen molar-refractivity contribution in [2.75, 3.05) is 5.75 Å². The number of fused-ring (bicyclic) bond motifs is 2. The van der Waals surface area contributed by atoms with Gasteiger partial charge in [-0.3, -0.25) is 19.3 Å². The van der Waals surface area contributed by atoms with E-state index in [1.165, 1.54) is 39.8 Å². The monoisotopic (exact) mass is 536 g/mol. The van der Waals surface area contributed by atoms with Gasteiger partial charge >= 0.3 is 5.97 Å². The van der Waals surface area contributed by atoms with E-state index in [0.29, 0.717) is 16.7 Å². The largest absolute Gasteiger partial charge is 0.477 e. The van der Waals surface area contributed by atoms with Crippen molar-refractivity contribution in [3.05, 3.63) is 99.2 Å². The number of rotatable bonds is 7. The number of aliphatic carboxylic acids is 1. The van der Waals surface area contributed by atoms with Crippen LogP contribution in [-0.2, 0) is 20.8 Å². The van der Waals surface area contributed by atoms with E-state index in [1.54, 1.807) is 23.6 Å². The van der Waals surface area contributed by atoms with Crippen molar-refractivity contribution in [2.24, 2.45) is 0 Å². The predicted octanol–water partition coefficient (Wildman–Crippen LogP) is 3.85. The topological polar surface area (TPSA) is 104 Å². The van der Waals surface area contributed by atoms with E-state index in [0.717, 1.165) is 14.5 Å². The summed E-state index contributed by atoms with van der Waals surface area (Å²) in [5, 5.41) is 14.6. The molecule has 2 aromatic carbocycles. The SMILES string of the molecule is O=C(Cc1ccccc1)NC1C(=O)N2C(C(=O)O)=C(C=CSc3cc(=O)c4ccccc4s3)CS[C@@H]12. The highest BCUT2D eigenvalue weighted by Crippen LogP contribution is 2.41. The van der Waals surface area contributed by atoms with Gasteiger partial charge < -0.3 is 10.4 Å². The molecular weight excluding hydrogens is 516 g/mol. The molecule has 5 rings (SSSR count). The van der Waals surface area contributed by atoms with Crippen LogP contribution in [0.3, 0.4) is 0 Å². The number of nitrogens with one attached hydrogen (secondary N) is 1. The number of β-lactam (4-membered cyclic amide) rings is 1. The third kappa shape index (κ3) is 4.84. The Morgan fingerprint density at radius 3 is 2.64 bits per heavy atom. The predicted molar refractivity (Wildman–Crippen MR) is 143 cm³/mol. The van der Waals surface area contributed by atoms with Gasteiger partial charge in [-0.1, -0.05) is 54.2 Å². The second kappa shape index (κ2) is 10.3. The zero-order valence-corrected chi connectivity index (χ0v) is 21.2. The van der Waals surface area contributed by atoms with Crippen LogP contribution in [0.25, 0.3) is 10.1 Å².